The number of nitrogens with zero attached hydrogens (tertiary/aromatic N) is 2. The number of benzene rings is 2. The van der Waals surface area contributed by atoms with Crippen LogP contribution in [0.2, 0.25) is 0 Å². The van der Waals surface area contributed by atoms with Crippen LogP contribution in [-0.2, 0) is 10.0 Å². The molecule has 7 nitrogen and oxygen atoms in total. The maximum Gasteiger partial charge on any atom is 0.253 e. The summed E-state index contributed by atoms with van der Waals surface area (Å²) in [5, 5.41) is 9.78. The van der Waals surface area contributed by atoms with E-state index in [9.17, 15) is 22.7 Å². The maximum atomic E-state index is 13.7. The van der Waals surface area contributed by atoms with Gasteiger partial charge in [0, 0.05) is 42.6 Å². The second kappa shape index (κ2) is 11.4. The average molecular weight is 517 g/mol. The molecule has 3 atom stereocenters. The fourth-order valence-electron chi connectivity index (χ4n) is 3.94. The SMILES string of the molecule is CC(C)C#Cc1ccc2c(c1)O[C@H](CN(C)C(=O)c1cccc(F)c1)[C@H](C)CN([C@@H](C)CO)S2(=O)=O. The molecule has 194 valence electrons. The van der Waals surface area contributed by atoms with E-state index < -0.39 is 28.0 Å². The van der Waals surface area contributed by atoms with Crippen LogP contribution in [0.15, 0.2) is 47.4 Å². The van der Waals surface area contributed by atoms with Gasteiger partial charge in [0.2, 0.25) is 10.0 Å². The van der Waals surface area contributed by atoms with Crippen LogP contribution in [0.3, 0.4) is 0 Å². The van der Waals surface area contributed by atoms with Crippen LogP contribution in [-0.4, -0.2) is 67.5 Å². The number of halogens is 1. The highest BCUT2D eigenvalue weighted by atomic mass is 32.2. The fourth-order valence-corrected chi connectivity index (χ4v) is 5.77. The Kier molecular flexibility index (Phi) is 8.77. The predicted molar refractivity (Wildman–Crippen MR) is 136 cm³/mol. The van der Waals surface area contributed by atoms with Crippen molar-refractivity contribution in [2.75, 3.05) is 26.7 Å². The lowest BCUT2D eigenvalue weighted by molar-refractivity contribution is 0.0563. The monoisotopic (exact) mass is 516 g/mol. The number of amides is 1. The molecule has 0 aliphatic carbocycles. The van der Waals surface area contributed by atoms with Crippen molar-refractivity contribution in [1.29, 1.82) is 0 Å². The van der Waals surface area contributed by atoms with Gasteiger partial charge in [0.1, 0.15) is 22.6 Å². The zero-order chi connectivity index (χ0) is 26.6. The van der Waals surface area contributed by atoms with Gasteiger partial charge in [-0.2, -0.15) is 4.31 Å². The average Bonchev–Trinajstić information content (AvgIpc) is 2.83. The number of aliphatic hydroxyl groups excluding tert-OH is 1. The van der Waals surface area contributed by atoms with Gasteiger partial charge in [0.25, 0.3) is 5.91 Å². The summed E-state index contributed by atoms with van der Waals surface area (Å²) in [6, 6.07) is 9.51. The highest BCUT2D eigenvalue weighted by molar-refractivity contribution is 7.89. The summed E-state index contributed by atoms with van der Waals surface area (Å²) in [6.45, 7) is 7.28. The number of sulfonamides is 1. The fraction of sp³-hybridized carbons (Fsp3) is 0.444. The van der Waals surface area contributed by atoms with Crippen LogP contribution in [0.1, 0.15) is 43.6 Å². The molecular weight excluding hydrogens is 483 g/mol. The number of carbonyl (C=O) groups is 1. The molecule has 0 unspecified atom stereocenters. The number of rotatable bonds is 5. The molecule has 0 bridgehead atoms. The minimum Gasteiger partial charge on any atom is -0.487 e. The molecule has 0 saturated carbocycles. The molecule has 1 heterocycles. The summed E-state index contributed by atoms with van der Waals surface area (Å²) >= 11 is 0. The molecule has 0 spiro atoms. The molecule has 3 rings (SSSR count). The number of hydrogen-bond acceptors (Lipinski definition) is 5. The number of likely N-dealkylation sites (N-methyl/N-ethyl adjacent to an activating group) is 1. The van der Waals surface area contributed by atoms with E-state index in [-0.39, 0.29) is 53.6 Å². The van der Waals surface area contributed by atoms with E-state index in [1.165, 1.54) is 39.5 Å². The topological polar surface area (TPSA) is 87.2 Å². The number of hydrogen-bond donors (Lipinski definition) is 1. The van der Waals surface area contributed by atoms with Gasteiger partial charge in [-0.05, 0) is 43.3 Å². The Morgan fingerprint density at radius 3 is 2.61 bits per heavy atom. The third kappa shape index (κ3) is 6.25. The van der Waals surface area contributed by atoms with Gasteiger partial charge < -0.3 is 14.7 Å². The number of carbonyl (C=O) groups excluding carboxylic acids is 1. The minimum absolute atomic E-state index is 0.0195. The lowest BCUT2D eigenvalue weighted by Gasteiger charge is -2.37. The van der Waals surface area contributed by atoms with E-state index in [4.69, 9.17) is 4.74 Å². The highest BCUT2D eigenvalue weighted by Gasteiger charge is 2.38. The molecule has 2 aromatic carbocycles. The Balaban J connectivity index is 2.02. The Morgan fingerprint density at radius 1 is 1.25 bits per heavy atom. The van der Waals surface area contributed by atoms with Crippen molar-refractivity contribution >= 4 is 15.9 Å². The number of fused-ring (bicyclic) bond motifs is 1. The molecule has 9 heteroatoms. The molecule has 0 fully saturated rings. The zero-order valence-electron chi connectivity index (χ0n) is 21.2. The smallest absolute Gasteiger partial charge is 0.253 e. The quantitative estimate of drug-likeness (QED) is 0.616. The Morgan fingerprint density at radius 2 is 1.97 bits per heavy atom. The van der Waals surface area contributed by atoms with Gasteiger partial charge in [-0.1, -0.05) is 38.7 Å². The summed E-state index contributed by atoms with van der Waals surface area (Å²) in [5.41, 5.74) is 0.816. The van der Waals surface area contributed by atoms with Crippen LogP contribution < -0.4 is 4.74 Å². The van der Waals surface area contributed by atoms with E-state index in [2.05, 4.69) is 11.8 Å². The summed E-state index contributed by atoms with van der Waals surface area (Å²) in [6.07, 6.45) is -0.580. The third-order valence-corrected chi connectivity index (χ3v) is 8.06. The summed E-state index contributed by atoms with van der Waals surface area (Å²) in [7, 11) is -2.38. The first-order valence-corrected chi connectivity index (χ1v) is 13.3. The Hall–Kier alpha value is -2.93. The predicted octanol–water partition coefficient (Wildman–Crippen LogP) is 3.37. The molecule has 0 saturated heterocycles. The van der Waals surface area contributed by atoms with Crippen molar-refractivity contribution in [3.63, 3.8) is 0 Å². The van der Waals surface area contributed by atoms with E-state index in [1.807, 2.05) is 20.8 Å². The van der Waals surface area contributed by atoms with Gasteiger partial charge >= 0.3 is 0 Å². The largest absolute Gasteiger partial charge is 0.487 e. The molecule has 1 amide bonds. The second-order valence-electron chi connectivity index (χ2n) is 9.52. The van der Waals surface area contributed by atoms with Crippen LogP contribution in [0, 0.1) is 29.5 Å². The van der Waals surface area contributed by atoms with Crippen molar-refractivity contribution in [3.05, 3.63) is 59.4 Å². The summed E-state index contributed by atoms with van der Waals surface area (Å²) in [4.78, 5) is 14.4. The van der Waals surface area contributed by atoms with E-state index in [0.717, 1.165) is 0 Å². The molecule has 2 aromatic rings. The molecular formula is C27H33FN2O5S. The first-order valence-electron chi connectivity index (χ1n) is 11.9. The van der Waals surface area contributed by atoms with Crippen LogP contribution in [0.4, 0.5) is 4.39 Å². The number of ether oxygens (including phenoxy) is 1. The molecule has 1 aliphatic rings. The molecule has 1 N–H and O–H groups in total. The normalized spacial score (nSPS) is 20.2. The highest BCUT2D eigenvalue weighted by Crippen LogP contribution is 2.34. The zero-order valence-corrected chi connectivity index (χ0v) is 22.0. The van der Waals surface area contributed by atoms with Crippen LogP contribution in [0.25, 0.3) is 0 Å². The van der Waals surface area contributed by atoms with Gasteiger partial charge in [-0.3, -0.25) is 4.79 Å². The van der Waals surface area contributed by atoms with Crippen molar-refractivity contribution < 1.29 is 27.4 Å². The lowest BCUT2D eigenvalue weighted by atomic mass is 10.0. The standard InChI is InChI=1S/C27H33FN2O5S/c1-18(2)9-10-21-11-12-26-24(13-21)35-25(19(3)15-30(20(4)17-31)36(26,33)34)16-29(5)27(32)22-7-6-8-23(28)14-22/h6-8,11-14,18-20,25,31H,15-17H2,1-5H3/t19-,20+,25-/m1/s1. The van der Waals surface area contributed by atoms with Crippen molar-refractivity contribution in [1.82, 2.24) is 9.21 Å². The van der Waals surface area contributed by atoms with E-state index in [1.54, 1.807) is 26.1 Å². The van der Waals surface area contributed by atoms with Gasteiger partial charge in [-0.15, -0.1) is 0 Å². The first-order chi connectivity index (χ1) is 16.9. The second-order valence-corrected chi connectivity index (χ2v) is 11.4. The Bertz CT molecular complexity index is 1270. The summed E-state index contributed by atoms with van der Waals surface area (Å²) < 4.78 is 48.3. The molecule has 0 aromatic heterocycles. The van der Waals surface area contributed by atoms with E-state index in [0.29, 0.717) is 5.56 Å². The van der Waals surface area contributed by atoms with Crippen LogP contribution in [0.5, 0.6) is 5.75 Å². The van der Waals surface area contributed by atoms with Crippen molar-refractivity contribution in [2.45, 2.75) is 44.7 Å². The maximum absolute atomic E-state index is 13.7. The van der Waals surface area contributed by atoms with Gasteiger partial charge in [0.15, 0.2) is 0 Å². The van der Waals surface area contributed by atoms with Gasteiger partial charge in [-0.25, -0.2) is 12.8 Å². The number of aliphatic hydroxyl groups is 1. The third-order valence-electron chi connectivity index (χ3n) is 6.04. The molecule has 36 heavy (non-hydrogen) atoms. The minimum atomic E-state index is -3.97. The van der Waals surface area contributed by atoms with Crippen molar-refractivity contribution in [3.8, 4) is 17.6 Å². The van der Waals surface area contributed by atoms with Crippen LogP contribution >= 0.6 is 0 Å². The lowest BCUT2D eigenvalue weighted by Crippen LogP contribution is -2.50. The molecule has 0 radical (unpaired) electrons. The Labute approximate surface area is 212 Å². The van der Waals surface area contributed by atoms with Crippen molar-refractivity contribution in [2.24, 2.45) is 11.8 Å². The summed E-state index contributed by atoms with van der Waals surface area (Å²) in [5.74, 6) is 5.15. The van der Waals surface area contributed by atoms with Gasteiger partial charge in [0.05, 0.1) is 13.2 Å². The van der Waals surface area contributed by atoms with E-state index >= 15 is 0 Å². The molecule has 1 aliphatic heterocycles. The first kappa shape index (κ1) is 27.7.